The summed E-state index contributed by atoms with van der Waals surface area (Å²) in [4.78, 5) is 13.6. The Bertz CT molecular complexity index is 253. The van der Waals surface area contributed by atoms with E-state index in [0.29, 0.717) is 31.8 Å². The van der Waals surface area contributed by atoms with Crippen molar-refractivity contribution >= 4 is 5.91 Å². The van der Waals surface area contributed by atoms with Crippen LogP contribution in [0.1, 0.15) is 32.6 Å². The summed E-state index contributed by atoms with van der Waals surface area (Å²) in [5.41, 5.74) is 0. The minimum Gasteiger partial charge on any atom is -0.342 e. The van der Waals surface area contributed by atoms with Crippen molar-refractivity contribution in [3.05, 3.63) is 0 Å². The van der Waals surface area contributed by atoms with Gasteiger partial charge in [0.1, 0.15) is 0 Å². The topological polar surface area (TPSA) is 56.1 Å². The van der Waals surface area contributed by atoms with E-state index < -0.39 is 0 Å². The number of carbonyl (C=O) groups excluding carboxylic acids is 1. The van der Waals surface area contributed by atoms with Crippen LogP contribution in [0.25, 0.3) is 0 Å². The molecule has 0 bridgehead atoms. The van der Waals surface area contributed by atoms with E-state index >= 15 is 0 Å². The fourth-order valence-electron chi connectivity index (χ4n) is 2.09. The fourth-order valence-corrected chi connectivity index (χ4v) is 2.09. The second-order valence-corrected chi connectivity index (χ2v) is 4.28. The van der Waals surface area contributed by atoms with Gasteiger partial charge in [0.25, 0.3) is 0 Å². The Balaban J connectivity index is 2.23. The molecule has 0 aliphatic carbocycles. The molecule has 1 amide bonds. The molecule has 0 saturated carbocycles. The number of nitrogens with one attached hydrogen (secondary N) is 1. The van der Waals surface area contributed by atoms with Crippen LogP contribution in [0.4, 0.5) is 0 Å². The predicted molar refractivity (Wildman–Crippen MR) is 62.7 cm³/mol. The van der Waals surface area contributed by atoms with Crippen molar-refractivity contribution in [2.75, 3.05) is 26.2 Å². The van der Waals surface area contributed by atoms with Crippen molar-refractivity contribution in [2.24, 2.45) is 5.92 Å². The largest absolute Gasteiger partial charge is 0.342 e. The molecule has 1 saturated heterocycles. The molecule has 1 rings (SSSR count). The third-order valence-electron chi connectivity index (χ3n) is 3.16. The first-order chi connectivity index (χ1) is 7.77. The highest BCUT2D eigenvalue weighted by Gasteiger charge is 2.17. The van der Waals surface area contributed by atoms with E-state index in [-0.39, 0.29) is 5.91 Å². The third-order valence-corrected chi connectivity index (χ3v) is 3.16. The Hall–Kier alpha value is -1.08. The Morgan fingerprint density at radius 2 is 2.44 bits per heavy atom. The summed E-state index contributed by atoms with van der Waals surface area (Å²) in [7, 11) is 0. The van der Waals surface area contributed by atoms with E-state index in [1.807, 2.05) is 6.92 Å². The van der Waals surface area contributed by atoms with Gasteiger partial charge in [-0.2, -0.15) is 5.26 Å². The highest BCUT2D eigenvalue weighted by molar-refractivity contribution is 5.76. The van der Waals surface area contributed by atoms with Gasteiger partial charge in [-0.1, -0.05) is 0 Å². The van der Waals surface area contributed by atoms with Crippen molar-refractivity contribution in [3.63, 3.8) is 0 Å². The average molecular weight is 223 g/mol. The molecule has 0 aromatic rings. The molecule has 0 radical (unpaired) electrons. The van der Waals surface area contributed by atoms with Crippen molar-refractivity contribution in [3.8, 4) is 6.07 Å². The maximum atomic E-state index is 11.8. The lowest BCUT2D eigenvalue weighted by molar-refractivity contribution is -0.131. The highest BCUT2D eigenvalue weighted by atomic mass is 16.2. The number of hydrogen-bond acceptors (Lipinski definition) is 3. The van der Waals surface area contributed by atoms with Gasteiger partial charge in [-0.3, -0.25) is 4.79 Å². The normalized spacial score (nSPS) is 19.4. The van der Waals surface area contributed by atoms with Crippen LogP contribution in [-0.2, 0) is 4.79 Å². The van der Waals surface area contributed by atoms with Gasteiger partial charge in [0.15, 0.2) is 0 Å². The number of amides is 1. The van der Waals surface area contributed by atoms with E-state index in [4.69, 9.17) is 5.26 Å². The first-order valence-electron chi connectivity index (χ1n) is 6.13. The number of nitriles is 1. The summed E-state index contributed by atoms with van der Waals surface area (Å²) in [6.45, 7) is 5.40. The van der Waals surface area contributed by atoms with Crippen molar-refractivity contribution in [1.29, 1.82) is 5.26 Å². The molecule has 1 heterocycles. The summed E-state index contributed by atoms with van der Waals surface area (Å²) >= 11 is 0. The summed E-state index contributed by atoms with van der Waals surface area (Å²) in [6.07, 6.45) is 3.24. The van der Waals surface area contributed by atoms with Gasteiger partial charge in [-0.15, -0.1) is 0 Å². The SMILES string of the molecule is CCN(CCC#N)C(=O)CCC1CCNC1. The highest BCUT2D eigenvalue weighted by Crippen LogP contribution is 2.15. The predicted octanol–water partition coefficient (Wildman–Crippen LogP) is 1.14. The molecule has 16 heavy (non-hydrogen) atoms. The Morgan fingerprint density at radius 3 is 3.00 bits per heavy atom. The van der Waals surface area contributed by atoms with E-state index in [0.717, 1.165) is 19.5 Å². The molecule has 0 spiro atoms. The Kier molecular flexibility index (Phi) is 5.87. The molecule has 1 aliphatic rings. The third kappa shape index (κ3) is 4.19. The number of nitrogens with zero attached hydrogens (tertiary/aromatic N) is 2. The second-order valence-electron chi connectivity index (χ2n) is 4.28. The lowest BCUT2D eigenvalue weighted by atomic mass is 10.0. The lowest BCUT2D eigenvalue weighted by Gasteiger charge is -2.20. The van der Waals surface area contributed by atoms with Crippen LogP contribution in [0.2, 0.25) is 0 Å². The van der Waals surface area contributed by atoms with Gasteiger partial charge in [-0.25, -0.2) is 0 Å². The zero-order valence-corrected chi connectivity index (χ0v) is 10.0. The smallest absolute Gasteiger partial charge is 0.222 e. The van der Waals surface area contributed by atoms with Crippen LogP contribution in [0.5, 0.6) is 0 Å². The molecule has 90 valence electrons. The van der Waals surface area contributed by atoms with E-state index in [2.05, 4.69) is 11.4 Å². The summed E-state index contributed by atoms with van der Waals surface area (Å²) < 4.78 is 0. The van der Waals surface area contributed by atoms with Crippen LogP contribution in [0.15, 0.2) is 0 Å². The molecule has 1 aliphatic heterocycles. The zero-order valence-electron chi connectivity index (χ0n) is 10.0. The van der Waals surface area contributed by atoms with Gasteiger partial charge in [-0.05, 0) is 38.8 Å². The molecule has 1 atom stereocenters. The van der Waals surface area contributed by atoms with Gasteiger partial charge in [0.05, 0.1) is 12.5 Å². The van der Waals surface area contributed by atoms with E-state index in [9.17, 15) is 4.79 Å². The van der Waals surface area contributed by atoms with Crippen molar-refractivity contribution in [1.82, 2.24) is 10.2 Å². The van der Waals surface area contributed by atoms with Crippen LogP contribution < -0.4 is 5.32 Å². The summed E-state index contributed by atoms with van der Waals surface area (Å²) in [6, 6.07) is 2.08. The molecule has 4 heteroatoms. The Morgan fingerprint density at radius 1 is 1.62 bits per heavy atom. The van der Waals surface area contributed by atoms with Crippen molar-refractivity contribution in [2.45, 2.75) is 32.6 Å². The van der Waals surface area contributed by atoms with Crippen LogP contribution in [-0.4, -0.2) is 37.0 Å². The van der Waals surface area contributed by atoms with Gasteiger partial charge in [0.2, 0.25) is 5.91 Å². The second kappa shape index (κ2) is 7.24. The molecule has 1 fully saturated rings. The maximum absolute atomic E-state index is 11.8. The molecule has 1 N–H and O–H groups in total. The zero-order chi connectivity index (χ0) is 11.8. The number of rotatable bonds is 6. The average Bonchev–Trinajstić information content (AvgIpc) is 2.80. The maximum Gasteiger partial charge on any atom is 0.222 e. The molecule has 1 unspecified atom stereocenters. The minimum atomic E-state index is 0.199. The Labute approximate surface area is 97.6 Å². The first kappa shape index (κ1) is 13.0. The molecular formula is C12H21N3O. The minimum absolute atomic E-state index is 0.199. The molecule has 4 nitrogen and oxygen atoms in total. The van der Waals surface area contributed by atoms with E-state index in [1.54, 1.807) is 4.90 Å². The first-order valence-corrected chi connectivity index (χ1v) is 6.13. The van der Waals surface area contributed by atoms with Gasteiger partial charge >= 0.3 is 0 Å². The summed E-state index contributed by atoms with van der Waals surface area (Å²) in [5.74, 6) is 0.864. The lowest BCUT2D eigenvalue weighted by Crippen LogP contribution is -2.31. The van der Waals surface area contributed by atoms with Crippen LogP contribution in [0.3, 0.4) is 0 Å². The number of hydrogen-bond donors (Lipinski definition) is 1. The number of carbonyl (C=O) groups is 1. The van der Waals surface area contributed by atoms with Crippen LogP contribution >= 0.6 is 0 Å². The molecule has 0 aromatic carbocycles. The molecule has 0 aromatic heterocycles. The monoisotopic (exact) mass is 223 g/mol. The van der Waals surface area contributed by atoms with Gasteiger partial charge < -0.3 is 10.2 Å². The van der Waals surface area contributed by atoms with Crippen LogP contribution in [0, 0.1) is 17.2 Å². The van der Waals surface area contributed by atoms with E-state index in [1.165, 1.54) is 6.42 Å². The fraction of sp³-hybridized carbons (Fsp3) is 0.833. The quantitative estimate of drug-likeness (QED) is 0.734. The summed E-state index contributed by atoms with van der Waals surface area (Å²) in [5, 5.41) is 11.8. The molecular weight excluding hydrogens is 202 g/mol. The van der Waals surface area contributed by atoms with Gasteiger partial charge in [0, 0.05) is 19.5 Å². The standard InChI is InChI=1S/C12H21N3O/c1-2-15(9-3-7-13)12(16)5-4-11-6-8-14-10-11/h11,14H,2-6,8-10H2,1H3. The van der Waals surface area contributed by atoms with Crippen molar-refractivity contribution < 1.29 is 4.79 Å².